The molecule has 1 aliphatic rings. The first-order valence-electron chi connectivity index (χ1n) is 8.63. The molecule has 0 bridgehead atoms. The molecule has 1 aromatic carbocycles. The zero-order chi connectivity index (χ0) is 15.8. The summed E-state index contributed by atoms with van der Waals surface area (Å²) in [7, 11) is 0. The summed E-state index contributed by atoms with van der Waals surface area (Å²) in [6.07, 6.45) is 2.22. The lowest BCUT2D eigenvalue weighted by Crippen LogP contribution is -2.45. The molecule has 0 radical (unpaired) electrons. The number of likely N-dealkylation sites (N-methyl/N-ethyl adjacent to an activating group) is 1. The Kier molecular flexibility index (Phi) is 6.72. The summed E-state index contributed by atoms with van der Waals surface area (Å²) in [5.74, 6) is 0.952. The smallest absolute Gasteiger partial charge is 0.191 e. The van der Waals surface area contributed by atoms with Gasteiger partial charge in [0, 0.05) is 19.6 Å². The van der Waals surface area contributed by atoms with Crippen molar-refractivity contribution >= 4 is 5.96 Å². The van der Waals surface area contributed by atoms with Gasteiger partial charge in [0.15, 0.2) is 5.96 Å². The molecule has 2 rings (SSSR count). The van der Waals surface area contributed by atoms with Crippen LogP contribution < -0.4 is 10.6 Å². The third-order valence-electron chi connectivity index (χ3n) is 4.39. The van der Waals surface area contributed by atoms with E-state index in [-0.39, 0.29) is 0 Å². The average molecular weight is 302 g/mol. The third kappa shape index (κ3) is 4.47. The zero-order valence-corrected chi connectivity index (χ0v) is 14.2. The Balaban J connectivity index is 2.08. The molecule has 0 aromatic heterocycles. The van der Waals surface area contributed by atoms with E-state index in [0.29, 0.717) is 6.04 Å². The van der Waals surface area contributed by atoms with Gasteiger partial charge in [0.05, 0.1) is 6.04 Å². The molecule has 1 atom stereocenters. The molecule has 122 valence electrons. The largest absolute Gasteiger partial charge is 0.356 e. The molecule has 1 heterocycles. The number of benzene rings is 1. The number of guanidine groups is 1. The summed E-state index contributed by atoms with van der Waals surface area (Å²) >= 11 is 0. The highest BCUT2D eigenvalue weighted by Gasteiger charge is 2.18. The monoisotopic (exact) mass is 302 g/mol. The van der Waals surface area contributed by atoms with Crippen molar-refractivity contribution in [2.45, 2.75) is 39.7 Å². The molecule has 4 heteroatoms. The predicted octanol–water partition coefficient (Wildman–Crippen LogP) is 2.57. The second kappa shape index (κ2) is 8.79. The van der Waals surface area contributed by atoms with Gasteiger partial charge < -0.3 is 10.6 Å². The van der Waals surface area contributed by atoms with E-state index in [1.165, 1.54) is 11.1 Å². The highest BCUT2D eigenvalue weighted by Crippen LogP contribution is 2.20. The first-order valence-corrected chi connectivity index (χ1v) is 8.63. The summed E-state index contributed by atoms with van der Waals surface area (Å²) in [6.45, 7) is 11.6. The van der Waals surface area contributed by atoms with E-state index >= 15 is 0 Å². The Bertz CT molecular complexity index is 462. The Morgan fingerprint density at radius 2 is 1.91 bits per heavy atom. The van der Waals surface area contributed by atoms with Gasteiger partial charge in [-0.25, -0.2) is 0 Å². The Morgan fingerprint density at radius 3 is 2.45 bits per heavy atom. The van der Waals surface area contributed by atoms with Crippen molar-refractivity contribution in [3.05, 3.63) is 35.4 Å². The quantitative estimate of drug-likeness (QED) is 0.813. The number of aryl methyl sites for hydroxylation is 1. The summed E-state index contributed by atoms with van der Waals surface area (Å²) in [4.78, 5) is 7.01. The van der Waals surface area contributed by atoms with Crippen molar-refractivity contribution in [2.75, 3.05) is 32.7 Å². The highest BCUT2D eigenvalue weighted by molar-refractivity contribution is 5.80. The molecule has 1 unspecified atom stereocenters. The number of hydrogen-bond acceptors (Lipinski definition) is 4. The van der Waals surface area contributed by atoms with Crippen molar-refractivity contribution < 1.29 is 0 Å². The SMILES string of the molecule is CCc1ccc(C(CNC2=NCCCN2)N(CC)CC)cc1. The number of nitrogens with one attached hydrogen (secondary N) is 2. The Labute approximate surface area is 135 Å². The van der Waals surface area contributed by atoms with E-state index in [4.69, 9.17) is 0 Å². The summed E-state index contributed by atoms with van der Waals surface area (Å²) in [5, 5.41) is 6.83. The third-order valence-corrected chi connectivity index (χ3v) is 4.39. The lowest BCUT2D eigenvalue weighted by Gasteiger charge is -2.31. The summed E-state index contributed by atoms with van der Waals surface area (Å²) in [6, 6.07) is 9.44. The van der Waals surface area contributed by atoms with Crippen molar-refractivity contribution in [3.8, 4) is 0 Å². The standard InChI is InChI=1S/C18H30N4/c1-4-15-8-10-16(11-9-15)17(22(5-2)6-3)14-21-18-19-12-7-13-20-18/h8-11,17H,4-7,12-14H2,1-3H3,(H2,19,20,21). The number of nitrogens with zero attached hydrogens (tertiary/aromatic N) is 2. The first-order chi connectivity index (χ1) is 10.8. The van der Waals surface area contributed by atoms with Gasteiger partial charge in [-0.05, 0) is 37.1 Å². The van der Waals surface area contributed by atoms with Crippen LogP contribution in [0.15, 0.2) is 29.3 Å². The molecule has 1 aromatic rings. The van der Waals surface area contributed by atoms with E-state index in [2.05, 4.69) is 65.6 Å². The van der Waals surface area contributed by atoms with Crippen LogP contribution in [0.2, 0.25) is 0 Å². The van der Waals surface area contributed by atoms with Gasteiger partial charge in [0.25, 0.3) is 0 Å². The summed E-state index contributed by atoms with van der Waals surface area (Å²) in [5.41, 5.74) is 2.78. The fourth-order valence-corrected chi connectivity index (χ4v) is 2.94. The molecular formula is C18H30N4. The first kappa shape index (κ1) is 16.8. The second-order valence-electron chi connectivity index (χ2n) is 5.72. The molecule has 0 fully saturated rings. The van der Waals surface area contributed by atoms with E-state index in [9.17, 15) is 0 Å². The van der Waals surface area contributed by atoms with E-state index in [1.54, 1.807) is 0 Å². The van der Waals surface area contributed by atoms with Gasteiger partial charge in [-0.3, -0.25) is 9.89 Å². The topological polar surface area (TPSA) is 39.7 Å². The lowest BCUT2D eigenvalue weighted by molar-refractivity contribution is 0.219. The van der Waals surface area contributed by atoms with Crippen LogP contribution in [0.3, 0.4) is 0 Å². The van der Waals surface area contributed by atoms with Gasteiger partial charge >= 0.3 is 0 Å². The second-order valence-corrected chi connectivity index (χ2v) is 5.72. The molecule has 0 amide bonds. The molecule has 0 saturated heterocycles. The lowest BCUT2D eigenvalue weighted by atomic mass is 10.0. The van der Waals surface area contributed by atoms with Crippen LogP contribution in [0.1, 0.15) is 44.4 Å². The maximum absolute atomic E-state index is 4.51. The zero-order valence-electron chi connectivity index (χ0n) is 14.2. The minimum absolute atomic E-state index is 0.382. The number of hydrogen-bond donors (Lipinski definition) is 2. The van der Waals surface area contributed by atoms with Crippen molar-refractivity contribution in [3.63, 3.8) is 0 Å². The maximum atomic E-state index is 4.51. The minimum Gasteiger partial charge on any atom is -0.356 e. The van der Waals surface area contributed by atoms with E-state index in [1.807, 2.05) is 0 Å². The molecule has 0 aliphatic carbocycles. The van der Waals surface area contributed by atoms with Crippen LogP contribution in [0.5, 0.6) is 0 Å². The fourth-order valence-electron chi connectivity index (χ4n) is 2.94. The van der Waals surface area contributed by atoms with Crippen molar-refractivity contribution in [1.29, 1.82) is 0 Å². The molecule has 0 saturated carbocycles. The van der Waals surface area contributed by atoms with Crippen molar-refractivity contribution in [2.24, 2.45) is 4.99 Å². The van der Waals surface area contributed by atoms with Crippen molar-refractivity contribution in [1.82, 2.24) is 15.5 Å². The highest BCUT2D eigenvalue weighted by atomic mass is 15.2. The van der Waals surface area contributed by atoms with E-state index < -0.39 is 0 Å². The van der Waals surface area contributed by atoms with Crippen LogP contribution in [0.25, 0.3) is 0 Å². The van der Waals surface area contributed by atoms with Gasteiger partial charge in [0.2, 0.25) is 0 Å². The van der Waals surface area contributed by atoms with Crippen LogP contribution in [0.4, 0.5) is 0 Å². The summed E-state index contributed by atoms with van der Waals surface area (Å²) < 4.78 is 0. The number of aliphatic imine (C=N–C) groups is 1. The molecular weight excluding hydrogens is 272 g/mol. The Morgan fingerprint density at radius 1 is 1.18 bits per heavy atom. The maximum Gasteiger partial charge on any atom is 0.191 e. The van der Waals surface area contributed by atoms with Gasteiger partial charge in [-0.2, -0.15) is 0 Å². The van der Waals surface area contributed by atoms with Gasteiger partial charge in [0.1, 0.15) is 0 Å². The fraction of sp³-hybridized carbons (Fsp3) is 0.611. The molecule has 0 spiro atoms. The molecule has 22 heavy (non-hydrogen) atoms. The van der Waals surface area contributed by atoms with Crippen LogP contribution in [-0.2, 0) is 6.42 Å². The molecule has 4 nitrogen and oxygen atoms in total. The minimum atomic E-state index is 0.382. The normalized spacial score (nSPS) is 16.1. The van der Waals surface area contributed by atoms with Crippen LogP contribution >= 0.6 is 0 Å². The van der Waals surface area contributed by atoms with Gasteiger partial charge in [-0.1, -0.05) is 45.0 Å². The number of rotatable bonds is 7. The van der Waals surface area contributed by atoms with Crippen LogP contribution in [-0.4, -0.2) is 43.6 Å². The predicted molar refractivity (Wildman–Crippen MR) is 94.4 cm³/mol. The van der Waals surface area contributed by atoms with Gasteiger partial charge in [-0.15, -0.1) is 0 Å². The Hall–Kier alpha value is -1.55. The average Bonchev–Trinajstić information content (AvgIpc) is 2.59. The molecule has 1 aliphatic heterocycles. The van der Waals surface area contributed by atoms with Crippen LogP contribution in [0, 0.1) is 0 Å². The molecule has 2 N–H and O–H groups in total. The van der Waals surface area contributed by atoms with E-state index in [0.717, 1.165) is 51.5 Å².